The van der Waals surface area contributed by atoms with E-state index in [9.17, 15) is 8.42 Å². The molecule has 114 valence electrons. The number of benzene rings is 1. The summed E-state index contributed by atoms with van der Waals surface area (Å²) >= 11 is 9.43. The summed E-state index contributed by atoms with van der Waals surface area (Å²) < 4.78 is 27.3. The molecule has 1 aromatic carbocycles. The van der Waals surface area contributed by atoms with Gasteiger partial charge in [0.05, 0.1) is 10.3 Å². The summed E-state index contributed by atoms with van der Waals surface area (Å²) in [6.45, 7) is 3.56. The molecule has 0 aliphatic carbocycles. The molecule has 0 spiro atoms. The van der Waals surface area contributed by atoms with Crippen molar-refractivity contribution in [2.45, 2.75) is 18.7 Å². The molecule has 0 aliphatic heterocycles. The first kappa shape index (κ1) is 15.5. The topological polar surface area (TPSA) is 64.8 Å². The summed E-state index contributed by atoms with van der Waals surface area (Å²) in [6.07, 6.45) is 1.44. The van der Waals surface area contributed by atoms with Crippen LogP contribution in [0.3, 0.4) is 0 Å². The van der Waals surface area contributed by atoms with Crippen molar-refractivity contribution in [3.8, 4) is 0 Å². The van der Waals surface area contributed by atoms with Gasteiger partial charge in [0.25, 0.3) is 10.0 Å². The first-order chi connectivity index (χ1) is 10.3. The number of halogens is 2. The van der Waals surface area contributed by atoms with Crippen LogP contribution in [-0.2, 0) is 10.0 Å². The minimum Gasteiger partial charge on any atom is -0.223 e. The number of fused-ring (bicyclic) bond motifs is 1. The molecule has 0 aliphatic rings. The molecule has 8 heteroatoms. The zero-order chi connectivity index (χ0) is 16.1. The third-order valence-corrected chi connectivity index (χ3v) is 5.75. The summed E-state index contributed by atoms with van der Waals surface area (Å²) in [5, 5.41) is 0.690. The summed E-state index contributed by atoms with van der Waals surface area (Å²) in [5.41, 5.74) is 1.24. The lowest BCUT2D eigenvalue weighted by molar-refractivity contribution is 0.588. The van der Waals surface area contributed by atoms with E-state index in [0.717, 1.165) is 9.54 Å². The lowest BCUT2D eigenvalue weighted by atomic mass is 10.2. The van der Waals surface area contributed by atoms with Crippen LogP contribution in [0.15, 0.2) is 39.8 Å². The van der Waals surface area contributed by atoms with Gasteiger partial charge in [-0.1, -0.05) is 29.3 Å². The van der Waals surface area contributed by atoms with Crippen LogP contribution in [0.25, 0.3) is 11.0 Å². The quantitative estimate of drug-likeness (QED) is 0.615. The molecule has 5 nitrogen and oxygen atoms in total. The van der Waals surface area contributed by atoms with Crippen molar-refractivity contribution in [1.29, 1.82) is 0 Å². The maximum atomic E-state index is 12.8. The lowest BCUT2D eigenvalue weighted by Gasteiger charge is -2.07. The van der Waals surface area contributed by atoms with Crippen molar-refractivity contribution in [3.05, 3.63) is 51.5 Å². The minimum atomic E-state index is -3.76. The smallest absolute Gasteiger partial charge is 0.223 e. The number of aryl methyl sites for hydroxylation is 2. The van der Waals surface area contributed by atoms with Crippen LogP contribution >= 0.6 is 27.5 Å². The Bertz CT molecular complexity index is 981. The minimum absolute atomic E-state index is 0.190. The number of rotatable bonds is 2. The Hall–Kier alpha value is -1.44. The van der Waals surface area contributed by atoms with E-state index in [1.807, 2.05) is 6.92 Å². The van der Waals surface area contributed by atoms with Gasteiger partial charge in [-0.05, 0) is 41.9 Å². The van der Waals surface area contributed by atoms with Crippen LogP contribution in [0.4, 0.5) is 0 Å². The molecular weight excluding hydrogens is 390 g/mol. The van der Waals surface area contributed by atoms with Gasteiger partial charge in [-0.2, -0.15) is 0 Å². The number of hydrogen-bond acceptors (Lipinski definition) is 4. The fraction of sp³-hybridized carbons (Fsp3) is 0.143. The van der Waals surface area contributed by atoms with Crippen LogP contribution in [0.1, 0.15) is 11.4 Å². The van der Waals surface area contributed by atoms with E-state index in [1.54, 1.807) is 31.2 Å². The van der Waals surface area contributed by atoms with E-state index in [-0.39, 0.29) is 15.7 Å². The van der Waals surface area contributed by atoms with Crippen molar-refractivity contribution < 1.29 is 8.42 Å². The molecule has 0 saturated carbocycles. The van der Waals surface area contributed by atoms with Crippen LogP contribution in [-0.4, -0.2) is 22.4 Å². The Morgan fingerprint density at radius 1 is 1.14 bits per heavy atom. The summed E-state index contributed by atoms with van der Waals surface area (Å²) in [6, 6.07) is 6.64. The van der Waals surface area contributed by atoms with Gasteiger partial charge in [0.1, 0.15) is 11.0 Å². The fourth-order valence-electron chi connectivity index (χ4n) is 2.12. The second-order valence-corrected chi connectivity index (χ2v) is 7.88. The molecule has 0 bridgehead atoms. The monoisotopic (exact) mass is 399 g/mol. The number of hydrogen-bond donors (Lipinski definition) is 0. The highest BCUT2D eigenvalue weighted by atomic mass is 79.9. The Labute approximate surface area is 141 Å². The highest BCUT2D eigenvalue weighted by molar-refractivity contribution is 9.10. The first-order valence-corrected chi connectivity index (χ1v) is 8.95. The molecule has 2 aromatic heterocycles. The standard InChI is InChI=1S/C14H11BrClN3O2S/c1-8-3-5-10(6-4-8)22(20,21)19-7-11(15)12-13(16)17-9(2)18-14(12)19/h3-7H,1-2H3. The average molecular weight is 401 g/mol. The van der Waals surface area contributed by atoms with Crippen LogP contribution in [0, 0.1) is 13.8 Å². The zero-order valence-electron chi connectivity index (χ0n) is 11.7. The highest BCUT2D eigenvalue weighted by Gasteiger charge is 2.23. The Morgan fingerprint density at radius 3 is 2.41 bits per heavy atom. The highest BCUT2D eigenvalue weighted by Crippen LogP contribution is 2.32. The molecule has 0 N–H and O–H groups in total. The molecule has 22 heavy (non-hydrogen) atoms. The second kappa shape index (κ2) is 5.33. The van der Waals surface area contributed by atoms with Crippen molar-refractivity contribution >= 4 is 48.6 Å². The van der Waals surface area contributed by atoms with Gasteiger partial charge < -0.3 is 0 Å². The lowest BCUT2D eigenvalue weighted by Crippen LogP contribution is -2.12. The van der Waals surface area contributed by atoms with E-state index < -0.39 is 10.0 Å². The molecule has 3 rings (SSSR count). The predicted molar refractivity (Wildman–Crippen MR) is 88.7 cm³/mol. The van der Waals surface area contributed by atoms with Crippen LogP contribution in [0.2, 0.25) is 5.15 Å². The van der Waals surface area contributed by atoms with Gasteiger partial charge in [0.15, 0.2) is 5.65 Å². The summed E-state index contributed by atoms with van der Waals surface area (Å²) in [5.74, 6) is 0.406. The van der Waals surface area contributed by atoms with Crippen LogP contribution in [0.5, 0.6) is 0 Å². The molecule has 0 fully saturated rings. The normalized spacial score (nSPS) is 12.0. The Balaban J connectivity index is 2.32. The fourth-order valence-corrected chi connectivity index (χ4v) is 4.56. The largest absolute Gasteiger partial charge is 0.269 e. The molecule has 0 saturated heterocycles. The van der Waals surface area contributed by atoms with Crippen molar-refractivity contribution in [2.24, 2.45) is 0 Å². The van der Waals surface area contributed by atoms with E-state index in [4.69, 9.17) is 11.6 Å². The van der Waals surface area contributed by atoms with Gasteiger partial charge in [0, 0.05) is 10.7 Å². The van der Waals surface area contributed by atoms with Gasteiger partial charge in [-0.15, -0.1) is 0 Å². The van der Waals surface area contributed by atoms with E-state index >= 15 is 0 Å². The molecule has 0 amide bonds. The number of nitrogens with zero attached hydrogens (tertiary/aromatic N) is 3. The van der Waals surface area contributed by atoms with Crippen LogP contribution < -0.4 is 0 Å². The predicted octanol–water partition coefficient (Wildman–Crippen LogP) is 3.70. The molecular formula is C14H11BrClN3O2S. The SMILES string of the molecule is Cc1ccc(S(=O)(=O)n2cc(Br)c3c(Cl)nc(C)nc32)cc1. The van der Waals surface area contributed by atoms with Crippen molar-refractivity contribution in [1.82, 2.24) is 13.9 Å². The van der Waals surface area contributed by atoms with Crippen molar-refractivity contribution in [3.63, 3.8) is 0 Å². The molecule has 0 radical (unpaired) electrons. The Morgan fingerprint density at radius 2 is 1.77 bits per heavy atom. The average Bonchev–Trinajstić information content (AvgIpc) is 2.77. The molecule has 0 unspecified atom stereocenters. The molecule has 3 aromatic rings. The van der Waals surface area contributed by atoms with Crippen molar-refractivity contribution in [2.75, 3.05) is 0 Å². The van der Waals surface area contributed by atoms with Gasteiger partial charge in [-0.25, -0.2) is 22.4 Å². The summed E-state index contributed by atoms with van der Waals surface area (Å²) in [7, 11) is -3.76. The van der Waals surface area contributed by atoms with Gasteiger partial charge in [0.2, 0.25) is 0 Å². The molecule has 0 atom stereocenters. The van der Waals surface area contributed by atoms with Gasteiger partial charge >= 0.3 is 0 Å². The van der Waals surface area contributed by atoms with E-state index in [2.05, 4.69) is 25.9 Å². The second-order valence-electron chi connectivity index (χ2n) is 4.85. The Kier molecular flexibility index (Phi) is 3.74. The maximum absolute atomic E-state index is 12.8. The zero-order valence-corrected chi connectivity index (χ0v) is 14.9. The molecule has 2 heterocycles. The third-order valence-electron chi connectivity index (χ3n) is 3.21. The first-order valence-electron chi connectivity index (χ1n) is 6.33. The van der Waals surface area contributed by atoms with E-state index in [0.29, 0.717) is 15.7 Å². The third kappa shape index (κ3) is 2.43. The number of aromatic nitrogens is 3. The maximum Gasteiger partial charge on any atom is 0.269 e. The van der Waals surface area contributed by atoms with E-state index in [1.165, 1.54) is 6.20 Å². The van der Waals surface area contributed by atoms with Gasteiger partial charge in [-0.3, -0.25) is 0 Å². The summed E-state index contributed by atoms with van der Waals surface area (Å²) in [4.78, 5) is 8.47.